The molecule has 0 aromatic rings. The maximum absolute atomic E-state index is 9.38. The zero-order chi connectivity index (χ0) is 10.3. The van der Waals surface area contributed by atoms with Crippen LogP contribution in [0.1, 0.15) is 33.6 Å². The molecular weight excluding hydrogens is 228 g/mol. The highest BCUT2D eigenvalue weighted by atomic mass is 79.9. The second-order valence-electron chi connectivity index (χ2n) is 2.47. The van der Waals surface area contributed by atoms with Gasteiger partial charge in [-0.25, -0.2) is 0 Å². The first-order chi connectivity index (χ1) is 6.24. The van der Waals surface area contributed by atoms with E-state index < -0.39 is 0 Å². The van der Waals surface area contributed by atoms with Gasteiger partial charge in [-0.05, 0) is 18.1 Å². The molecule has 0 bridgehead atoms. The molecule has 1 N–H and O–H groups in total. The number of allylic oxidation sites excluding steroid dienone is 5. The molecule has 0 heterocycles. The van der Waals surface area contributed by atoms with Gasteiger partial charge in [-0.2, -0.15) is 0 Å². The van der Waals surface area contributed by atoms with Gasteiger partial charge < -0.3 is 5.11 Å². The molecular formula is C11H17BrO. The van der Waals surface area contributed by atoms with E-state index in [1.807, 2.05) is 26.0 Å². The Labute approximate surface area is 89.0 Å². The summed E-state index contributed by atoms with van der Waals surface area (Å²) >= 11 is 3.29. The van der Waals surface area contributed by atoms with E-state index in [4.69, 9.17) is 0 Å². The van der Waals surface area contributed by atoms with Crippen LogP contribution in [0.4, 0.5) is 0 Å². The van der Waals surface area contributed by atoms with Crippen molar-refractivity contribution in [1.82, 2.24) is 0 Å². The first kappa shape index (κ1) is 12.5. The minimum absolute atomic E-state index is 0.354. The second kappa shape index (κ2) is 6.96. The quantitative estimate of drug-likeness (QED) is 0.722. The first-order valence-corrected chi connectivity index (χ1v) is 5.48. The predicted octanol–water partition coefficient (Wildman–Crippen LogP) is 4.47. The third-order valence-corrected chi connectivity index (χ3v) is 2.37. The van der Waals surface area contributed by atoms with Crippen molar-refractivity contribution in [1.29, 1.82) is 0 Å². The van der Waals surface area contributed by atoms with Crippen molar-refractivity contribution in [2.45, 2.75) is 33.6 Å². The van der Waals surface area contributed by atoms with Crippen LogP contribution < -0.4 is 0 Å². The van der Waals surface area contributed by atoms with Crippen molar-refractivity contribution in [3.8, 4) is 0 Å². The topological polar surface area (TPSA) is 20.2 Å². The fourth-order valence-corrected chi connectivity index (χ4v) is 1.24. The average molecular weight is 245 g/mol. The maximum atomic E-state index is 9.38. The van der Waals surface area contributed by atoms with Gasteiger partial charge in [-0.3, -0.25) is 0 Å². The van der Waals surface area contributed by atoms with Gasteiger partial charge in [0, 0.05) is 10.9 Å². The SMILES string of the molecule is CC.CCC1=CC(O)=C(Br)CC=C1. The summed E-state index contributed by atoms with van der Waals surface area (Å²) in [4.78, 5) is 0. The molecule has 0 unspecified atom stereocenters. The van der Waals surface area contributed by atoms with Crippen LogP contribution in [0.25, 0.3) is 0 Å². The van der Waals surface area contributed by atoms with Crippen molar-refractivity contribution in [2.24, 2.45) is 0 Å². The highest BCUT2D eigenvalue weighted by Gasteiger charge is 2.02. The van der Waals surface area contributed by atoms with E-state index in [9.17, 15) is 5.11 Å². The van der Waals surface area contributed by atoms with Crippen LogP contribution in [-0.2, 0) is 0 Å². The van der Waals surface area contributed by atoms with E-state index in [1.54, 1.807) is 6.08 Å². The normalized spacial score (nSPS) is 15.8. The van der Waals surface area contributed by atoms with Crippen LogP contribution >= 0.6 is 15.9 Å². The molecule has 0 amide bonds. The highest BCUT2D eigenvalue weighted by molar-refractivity contribution is 9.11. The predicted molar refractivity (Wildman–Crippen MR) is 62.1 cm³/mol. The summed E-state index contributed by atoms with van der Waals surface area (Å²) in [6.07, 6.45) is 7.63. The fraction of sp³-hybridized carbons (Fsp3) is 0.455. The molecule has 1 aliphatic carbocycles. The van der Waals surface area contributed by atoms with Crippen LogP contribution in [0.2, 0.25) is 0 Å². The van der Waals surface area contributed by atoms with Gasteiger partial charge in [0.05, 0.1) is 0 Å². The van der Waals surface area contributed by atoms with Gasteiger partial charge in [-0.1, -0.05) is 48.9 Å². The Bertz CT molecular complexity index is 236. The number of halogens is 1. The van der Waals surface area contributed by atoms with Crippen LogP contribution in [-0.4, -0.2) is 5.11 Å². The fourth-order valence-electron chi connectivity index (χ4n) is 0.940. The molecule has 0 fully saturated rings. The summed E-state index contributed by atoms with van der Waals surface area (Å²) < 4.78 is 0.859. The van der Waals surface area contributed by atoms with Crippen molar-refractivity contribution in [3.63, 3.8) is 0 Å². The molecule has 0 saturated carbocycles. The number of aliphatic hydroxyl groups excluding tert-OH is 1. The number of hydrogen-bond donors (Lipinski definition) is 1. The molecule has 1 aliphatic rings. The summed E-state index contributed by atoms with van der Waals surface area (Å²) in [7, 11) is 0. The Morgan fingerprint density at radius 1 is 1.46 bits per heavy atom. The molecule has 1 rings (SSSR count). The smallest absolute Gasteiger partial charge is 0.126 e. The summed E-state index contributed by atoms with van der Waals surface area (Å²) in [5, 5.41) is 9.38. The summed E-state index contributed by atoms with van der Waals surface area (Å²) in [6.45, 7) is 6.07. The number of rotatable bonds is 1. The molecule has 74 valence electrons. The van der Waals surface area contributed by atoms with Gasteiger partial charge in [0.15, 0.2) is 0 Å². The molecule has 13 heavy (non-hydrogen) atoms. The van der Waals surface area contributed by atoms with Crippen molar-refractivity contribution < 1.29 is 5.11 Å². The van der Waals surface area contributed by atoms with E-state index in [-0.39, 0.29) is 0 Å². The largest absolute Gasteiger partial charge is 0.507 e. The minimum atomic E-state index is 0.354. The Morgan fingerprint density at radius 2 is 2.08 bits per heavy atom. The Morgan fingerprint density at radius 3 is 2.62 bits per heavy atom. The van der Waals surface area contributed by atoms with Crippen molar-refractivity contribution in [2.75, 3.05) is 0 Å². The third-order valence-electron chi connectivity index (χ3n) is 1.64. The summed E-state index contributed by atoms with van der Waals surface area (Å²) in [5.74, 6) is 0.354. The molecule has 0 atom stereocenters. The van der Waals surface area contributed by atoms with Crippen LogP contribution in [0.3, 0.4) is 0 Å². The molecule has 0 spiro atoms. The molecule has 0 aliphatic heterocycles. The van der Waals surface area contributed by atoms with Gasteiger partial charge in [-0.15, -0.1) is 0 Å². The van der Waals surface area contributed by atoms with E-state index >= 15 is 0 Å². The molecule has 1 nitrogen and oxygen atoms in total. The molecule has 2 heteroatoms. The van der Waals surface area contributed by atoms with Crippen molar-refractivity contribution >= 4 is 15.9 Å². The zero-order valence-electron chi connectivity index (χ0n) is 8.47. The third kappa shape index (κ3) is 4.32. The number of hydrogen-bond acceptors (Lipinski definition) is 1. The molecule has 0 aromatic carbocycles. The minimum Gasteiger partial charge on any atom is -0.507 e. The Hall–Kier alpha value is -0.500. The lowest BCUT2D eigenvalue weighted by molar-refractivity contribution is 0.429. The lowest BCUT2D eigenvalue weighted by Crippen LogP contribution is -1.79. The van der Waals surface area contributed by atoms with E-state index in [0.29, 0.717) is 5.76 Å². The standard InChI is InChI=1S/C9H11BrO.C2H6/c1-2-7-4-3-5-8(10)9(11)6-7;1-2/h3-4,6,11H,2,5H2,1H3;1-2H3. The summed E-state index contributed by atoms with van der Waals surface area (Å²) in [6, 6.07) is 0. The maximum Gasteiger partial charge on any atom is 0.126 e. The van der Waals surface area contributed by atoms with E-state index in [1.165, 1.54) is 0 Å². The highest BCUT2D eigenvalue weighted by Crippen LogP contribution is 2.21. The van der Waals surface area contributed by atoms with Gasteiger partial charge in [0.1, 0.15) is 5.76 Å². The monoisotopic (exact) mass is 244 g/mol. The Kier molecular flexibility index (Phi) is 6.69. The van der Waals surface area contributed by atoms with E-state index in [2.05, 4.69) is 22.9 Å². The number of aliphatic hydroxyl groups is 1. The lowest BCUT2D eigenvalue weighted by atomic mass is 10.2. The summed E-state index contributed by atoms with van der Waals surface area (Å²) in [5.41, 5.74) is 1.16. The molecule has 0 aromatic heterocycles. The van der Waals surface area contributed by atoms with E-state index in [0.717, 1.165) is 22.9 Å². The van der Waals surface area contributed by atoms with Gasteiger partial charge in [0.25, 0.3) is 0 Å². The second-order valence-corrected chi connectivity index (χ2v) is 3.43. The first-order valence-electron chi connectivity index (χ1n) is 4.68. The molecule has 0 saturated heterocycles. The van der Waals surface area contributed by atoms with Gasteiger partial charge in [0.2, 0.25) is 0 Å². The van der Waals surface area contributed by atoms with Gasteiger partial charge >= 0.3 is 0 Å². The van der Waals surface area contributed by atoms with Crippen LogP contribution in [0.5, 0.6) is 0 Å². The van der Waals surface area contributed by atoms with Crippen molar-refractivity contribution in [3.05, 3.63) is 34.0 Å². The lowest BCUT2D eigenvalue weighted by Gasteiger charge is -1.95. The zero-order valence-corrected chi connectivity index (χ0v) is 10.1. The van der Waals surface area contributed by atoms with Crippen LogP contribution in [0.15, 0.2) is 34.0 Å². The average Bonchev–Trinajstić information content (AvgIpc) is 2.33. The van der Waals surface area contributed by atoms with Crippen LogP contribution in [0, 0.1) is 0 Å². The molecule has 0 radical (unpaired) electrons. The Balaban J connectivity index is 0.000000671.